The number of aromatic nitrogens is 3. The summed E-state index contributed by atoms with van der Waals surface area (Å²) >= 11 is 0. The van der Waals surface area contributed by atoms with Crippen LogP contribution in [-0.2, 0) is 10.2 Å². The molecule has 0 bridgehead atoms. The number of nitrogens with one attached hydrogen (secondary N) is 2. The molecule has 6 rings (SSSR count). The number of anilines is 2. The molecular formula is C23H25N5O. The average Bonchev–Trinajstić information content (AvgIpc) is 3.16. The largest absolute Gasteiger partial charge is 0.354 e. The molecule has 1 aromatic carbocycles. The van der Waals surface area contributed by atoms with E-state index in [4.69, 9.17) is 0 Å². The van der Waals surface area contributed by atoms with Crippen molar-refractivity contribution in [1.29, 1.82) is 0 Å². The number of benzene rings is 1. The van der Waals surface area contributed by atoms with Crippen LogP contribution in [0.15, 0.2) is 30.5 Å². The summed E-state index contributed by atoms with van der Waals surface area (Å²) in [5, 5.41) is 15.5. The second-order valence-corrected chi connectivity index (χ2v) is 8.92. The number of fused-ring (bicyclic) bond motifs is 3. The SMILES string of the molecule is Cc1ccn2c(NCC3CC3)nnc2c1-c1ccc2c(c1)NC(=O)C21CCCC1. The molecule has 3 heterocycles. The van der Waals surface area contributed by atoms with E-state index in [1.165, 1.54) is 18.4 Å². The van der Waals surface area contributed by atoms with Gasteiger partial charge in [-0.3, -0.25) is 9.20 Å². The first-order valence-electron chi connectivity index (χ1n) is 10.7. The van der Waals surface area contributed by atoms with Gasteiger partial charge in [0, 0.05) is 24.0 Å². The summed E-state index contributed by atoms with van der Waals surface area (Å²) in [4.78, 5) is 12.8. The minimum atomic E-state index is -0.302. The Bertz CT molecular complexity index is 1140. The van der Waals surface area contributed by atoms with E-state index in [2.05, 4.69) is 52.0 Å². The summed E-state index contributed by atoms with van der Waals surface area (Å²) in [5.41, 5.74) is 5.97. The van der Waals surface area contributed by atoms with Crippen molar-refractivity contribution in [1.82, 2.24) is 14.6 Å². The fraction of sp³-hybridized carbons (Fsp3) is 0.435. The molecule has 2 saturated carbocycles. The Balaban J connectivity index is 1.43. The second-order valence-electron chi connectivity index (χ2n) is 8.92. The summed E-state index contributed by atoms with van der Waals surface area (Å²) in [6, 6.07) is 8.53. The number of pyridine rings is 1. The Kier molecular flexibility index (Phi) is 3.55. The number of rotatable bonds is 4. The van der Waals surface area contributed by atoms with Crippen molar-refractivity contribution >= 4 is 23.2 Å². The zero-order chi connectivity index (χ0) is 19.6. The van der Waals surface area contributed by atoms with Crippen LogP contribution >= 0.6 is 0 Å². The molecule has 0 radical (unpaired) electrons. The first-order chi connectivity index (χ1) is 14.2. The summed E-state index contributed by atoms with van der Waals surface area (Å²) < 4.78 is 2.04. The lowest BCUT2D eigenvalue weighted by Crippen LogP contribution is -2.30. The lowest BCUT2D eigenvalue weighted by molar-refractivity contribution is -0.120. The standard InChI is InChI=1S/C23H25N5O/c1-14-8-11-28-20(26-27-22(28)24-13-15-4-5-15)19(14)16-6-7-17-18(12-16)25-21(29)23(17)9-2-3-10-23/h6-8,11-12,15H,2-5,9-10,13H2,1H3,(H,24,27)(H,25,29). The first-order valence-corrected chi connectivity index (χ1v) is 10.7. The van der Waals surface area contributed by atoms with Crippen molar-refractivity contribution in [3.05, 3.63) is 41.6 Å². The third-order valence-corrected chi connectivity index (χ3v) is 7.00. The molecule has 148 valence electrons. The predicted molar refractivity (Wildman–Crippen MR) is 113 cm³/mol. The van der Waals surface area contributed by atoms with Gasteiger partial charge in [0.25, 0.3) is 0 Å². The Morgan fingerprint density at radius 2 is 2.03 bits per heavy atom. The van der Waals surface area contributed by atoms with Crippen molar-refractivity contribution in [2.45, 2.75) is 50.9 Å². The minimum Gasteiger partial charge on any atom is -0.354 e. The lowest BCUT2D eigenvalue weighted by Gasteiger charge is -2.20. The zero-order valence-electron chi connectivity index (χ0n) is 16.7. The van der Waals surface area contributed by atoms with Gasteiger partial charge in [0.2, 0.25) is 11.9 Å². The normalized spacial score (nSPS) is 19.7. The van der Waals surface area contributed by atoms with E-state index in [1.54, 1.807) is 0 Å². The number of amides is 1. The molecule has 6 nitrogen and oxygen atoms in total. The van der Waals surface area contributed by atoms with Gasteiger partial charge in [0.1, 0.15) is 0 Å². The zero-order valence-corrected chi connectivity index (χ0v) is 16.7. The third kappa shape index (κ3) is 2.51. The highest BCUT2D eigenvalue weighted by Gasteiger charge is 2.48. The van der Waals surface area contributed by atoms with E-state index >= 15 is 0 Å². The van der Waals surface area contributed by atoms with Crippen molar-refractivity contribution in [3.63, 3.8) is 0 Å². The molecule has 3 aromatic rings. The minimum absolute atomic E-state index is 0.172. The Morgan fingerprint density at radius 3 is 2.83 bits per heavy atom. The van der Waals surface area contributed by atoms with Gasteiger partial charge in [-0.05, 0) is 67.3 Å². The molecule has 2 aromatic heterocycles. The maximum absolute atomic E-state index is 12.8. The van der Waals surface area contributed by atoms with Gasteiger partial charge < -0.3 is 10.6 Å². The van der Waals surface area contributed by atoms with E-state index in [1.807, 2.05) is 10.6 Å². The molecule has 2 N–H and O–H groups in total. The van der Waals surface area contributed by atoms with Gasteiger partial charge in [-0.2, -0.15) is 0 Å². The monoisotopic (exact) mass is 387 g/mol. The van der Waals surface area contributed by atoms with Gasteiger partial charge in [-0.25, -0.2) is 0 Å². The molecule has 2 fully saturated rings. The molecule has 2 aliphatic carbocycles. The van der Waals surface area contributed by atoms with E-state index in [0.717, 1.165) is 72.1 Å². The Morgan fingerprint density at radius 1 is 1.21 bits per heavy atom. The summed E-state index contributed by atoms with van der Waals surface area (Å²) in [6.45, 7) is 3.06. The van der Waals surface area contributed by atoms with Crippen LogP contribution in [0.2, 0.25) is 0 Å². The number of hydrogen-bond donors (Lipinski definition) is 2. The molecule has 3 aliphatic rings. The number of carbonyl (C=O) groups excluding carboxylic acids is 1. The molecule has 1 spiro atoms. The number of carbonyl (C=O) groups is 1. The quantitative estimate of drug-likeness (QED) is 0.701. The number of nitrogens with zero attached hydrogens (tertiary/aromatic N) is 3. The molecule has 29 heavy (non-hydrogen) atoms. The van der Waals surface area contributed by atoms with Crippen LogP contribution in [0.5, 0.6) is 0 Å². The molecule has 0 saturated heterocycles. The fourth-order valence-corrected chi connectivity index (χ4v) is 5.14. The average molecular weight is 387 g/mol. The van der Waals surface area contributed by atoms with E-state index in [0.29, 0.717) is 0 Å². The summed E-state index contributed by atoms with van der Waals surface area (Å²) in [6.07, 6.45) is 8.81. The van der Waals surface area contributed by atoms with Gasteiger partial charge in [-0.1, -0.05) is 25.0 Å². The maximum Gasteiger partial charge on any atom is 0.235 e. The summed E-state index contributed by atoms with van der Waals surface area (Å²) in [7, 11) is 0. The summed E-state index contributed by atoms with van der Waals surface area (Å²) in [5.74, 6) is 1.74. The van der Waals surface area contributed by atoms with E-state index < -0.39 is 0 Å². The topological polar surface area (TPSA) is 71.3 Å². The van der Waals surface area contributed by atoms with Crippen LogP contribution in [0.1, 0.15) is 49.7 Å². The molecular weight excluding hydrogens is 362 g/mol. The van der Waals surface area contributed by atoms with Crippen LogP contribution in [0.3, 0.4) is 0 Å². The number of hydrogen-bond acceptors (Lipinski definition) is 4. The van der Waals surface area contributed by atoms with Gasteiger partial charge in [-0.15, -0.1) is 10.2 Å². The van der Waals surface area contributed by atoms with Crippen molar-refractivity contribution in [3.8, 4) is 11.1 Å². The third-order valence-electron chi connectivity index (χ3n) is 7.00. The second kappa shape index (κ2) is 6.05. The predicted octanol–water partition coefficient (Wildman–Crippen LogP) is 4.29. The Labute approximate surface area is 169 Å². The van der Waals surface area contributed by atoms with Crippen LogP contribution < -0.4 is 10.6 Å². The van der Waals surface area contributed by atoms with E-state index in [-0.39, 0.29) is 11.3 Å². The smallest absolute Gasteiger partial charge is 0.235 e. The van der Waals surface area contributed by atoms with Crippen LogP contribution in [-0.4, -0.2) is 27.0 Å². The van der Waals surface area contributed by atoms with Gasteiger partial charge in [0.05, 0.1) is 5.41 Å². The fourth-order valence-electron chi connectivity index (χ4n) is 5.14. The van der Waals surface area contributed by atoms with Crippen LogP contribution in [0.25, 0.3) is 16.8 Å². The highest BCUT2D eigenvalue weighted by atomic mass is 16.2. The van der Waals surface area contributed by atoms with Crippen LogP contribution in [0, 0.1) is 12.8 Å². The molecule has 6 heteroatoms. The molecule has 0 atom stereocenters. The van der Waals surface area contributed by atoms with Crippen molar-refractivity contribution in [2.75, 3.05) is 17.2 Å². The van der Waals surface area contributed by atoms with Gasteiger partial charge in [0.15, 0.2) is 5.65 Å². The lowest BCUT2D eigenvalue weighted by atomic mass is 9.79. The van der Waals surface area contributed by atoms with Crippen molar-refractivity contribution in [2.24, 2.45) is 5.92 Å². The number of aryl methyl sites for hydroxylation is 1. The van der Waals surface area contributed by atoms with Crippen molar-refractivity contribution < 1.29 is 4.79 Å². The van der Waals surface area contributed by atoms with E-state index in [9.17, 15) is 4.79 Å². The van der Waals surface area contributed by atoms with Gasteiger partial charge >= 0.3 is 0 Å². The molecule has 1 aliphatic heterocycles. The highest BCUT2D eigenvalue weighted by molar-refractivity contribution is 6.07. The maximum atomic E-state index is 12.8. The highest BCUT2D eigenvalue weighted by Crippen LogP contribution is 2.49. The first kappa shape index (κ1) is 17.0. The Hall–Kier alpha value is -2.89. The van der Waals surface area contributed by atoms with Crippen LogP contribution in [0.4, 0.5) is 11.6 Å². The molecule has 1 amide bonds. The molecule has 0 unspecified atom stereocenters.